The summed E-state index contributed by atoms with van der Waals surface area (Å²) in [5.41, 5.74) is -1.49. The standard InChI is InChI=1S/C27H23F7O3/c1-15(2)9-23(25(35)36)19-10-18(16-3-6-20(7-4-16)26(29,30)31)11-22(12-19)37-14-17-5-8-21(28)13-24(17)27(32,33)34/h3-8,10-13,15,23H,9,14H2,1-2H3,(H,35,36)/t23-/m1/s1. The molecule has 3 rings (SSSR count). The second-order valence-corrected chi connectivity index (χ2v) is 8.97. The minimum Gasteiger partial charge on any atom is -0.489 e. The molecular weight excluding hydrogens is 505 g/mol. The first-order valence-corrected chi connectivity index (χ1v) is 11.2. The molecule has 1 atom stereocenters. The third-order valence-electron chi connectivity index (χ3n) is 5.65. The molecule has 0 aromatic heterocycles. The van der Waals surface area contributed by atoms with Gasteiger partial charge in [0.15, 0.2) is 0 Å². The van der Waals surface area contributed by atoms with Crippen molar-refractivity contribution in [3.63, 3.8) is 0 Å². The molecule has 0 aliphatic rings. The van der Waals surface area contributed by atoms with Crippen LogP contribution in [0.15, 0.2) is 60.7 Å². The van der Waals surface area contributed by atoms with E-state index in [9.17, 15) is 40.6 Å². The van der Waals surface area contributed by atoms with Gasteiger partial charge in [-0.2, -0.15) is 26.3 Å². The van der Waals surface area contributed by atoms with Crippen molar-refractivity contribution in [3.8, 4) is 16.9 Å². The van der Waals surface area contributed by atoms with Crippen LogP contribution in [0.5, 0.6) is 5.75 Å². The van der Waals surface area contributed by atoms with Crippen LogP contribution >= 0.6 is 0 Å². The summed E-state index contributed by atoms with van der Waals surface area (Å²) in [6, 6.07) is 10.6. The van der Waals surface area contributed by atoms with Gasteiger partial charge in [-0.1, -0.05) is 38.1 Å². The van der Waals surface area contributed by atoms with Gasteiger partial charge in [0, 0.05) is 5.56 Å². The molecule has 1 N–H and O–H groups in total. The Balaban J connectivity index is 2.04. The zero-order chi connectivity index (χ0) is 27.5. The van der Waals surface area contributed by atoms with Gasteiger partial charge < -0.3 is 9.84 Å². The lowest BCUT2D eigenvalue weighted by atomic mass is 9.88. The van der Waals surface area contributed by atoms with E-state index in [2.05, 4.69) is 0 Å². The number of hydrogen-bond acceptors (Lipinski definition) is 2. The zero-order valence-electron chi connectivity index (χ0n) is 19.8. The van der Waals surface area contributed by atoms with Crippen molar-refractivity contribution in [2.75, 3.05) is 0 Å². The molecule has 0 radical (unpaired) electrons. The van der Waals surface area contributed by atoms with Crippen LogP contribution in [0.3, 0.4) is 0 Å². The SMILES string of the molecule is CC(C)C[C@@H](C(=O)O)c1cc(OCc2ccc(F)cc2C(F)(F)F)cc(-c2ccc(C(F)(F)F)cc2)c1. The molecule has 3 aromatic carbocycles. The molecular formula is C27H23F7O3. The van der Waals surface area contributed by atoms with E-state index in [1.165, 1.54) is 30.3 Å². The number of carboxylic acid groups (broad SMARTS) is 1. The number of carbonyl (C=O) groups is 1. The van der Waals surface area contributed by atoms with Crippen molar-refractivity contribution in [1.29, 1.82) is 0 Å². The largest absolute Gasteiger partial charge is 0.489 e. The van der Waals surface area contributed by atoms with E-state index in [-0.39, 0.29) is 29.2 Å². The summed E-state index contributed by atoms with van der Waals surface area (Å²) in [4.78, 5) is 12.0. The van der Waals surface area contributed by atoms with E-state index in [1.807, 2.05) is 13.8 Å². The quantitative estimate of drug-likeness (QED) is 0.299. The lowest BCUT2D eigenvalue weighted by molar-refractivity contribution is -0.140. The highest BCUT2D eigenvalue weighted by molar-refractivity contribution is 5.78. The number of alkyl halides is 6. The number of halogens is 7. The molecule has 198 valence electrons. The lowest BCUT2D eigenvalue weighted by Crippen LogP contribution is -2.14. The van der Waals surface area contributed by atoms with Crippen molar-refractivity contribution in [3.05, 3.63) is 88.7 Å². The second-order valence-electron chi connectivity index (χ2n) is 8.97. The van der Waals surface area contributed by atoms with Gasteiger partial charge in [0.2, 0.25) is 0 Å². The van der Waals surface area contributed by atoms with Crippen LogP contribution in [-0.2, 0) is 23.8 Å². The van der Waals surface area contributed by atoms with Gasteiger partial charge in [0.1, 0.15) is 18.2 Å². The fraction of sp³-hybridized carbons (Fsp3) is 0.296. The number of ether oxygens (including phenoxy) is 1. The van der Waals surface area contributed by atoms with Gasteiger partial charge in [-0.3, -0.25) is 4.79 Å². The Labute approximate surface area is 208 Å². The van der Waals surface area contributed by atoms with Crippen LogP contribution < -0.4 is 4.74 Å². The molecule has 0 saturated carbocycles. The molecule has 0 spiro atoms. The maximum Gasteiger partial charge on any atom is 0.416 e. The Kier molecular flexibility index (Phi) is 8.19. The number of hydrogen-bond donors (Lipinski definition) is 1. The normalized spacial score (nSPS) is 13.0. The summed E-state index contributed by atoms with van der Waals surface area (Å²) >= 11 is 0. The Bertz CT molecular complexity index is 1250. The van der Waals surface area contributed by atoms with E-state index in [0.29, 0.717) is 17.2 Å². The van der Waals surface area contributed by atoms with Crippen LogP contribution in [0, 0.1) is 11.7 Å². The number of benzene rings is 3. The fourth-order valence-corrected chi connectivity index (χ4v) is 3.88. The molecule has 0 amide bonds. The Morgan fingerprint density at radius 1 is 0.865 bits per heavy atom. The van der Waals surface area contributed by atoms with Crippen LogP contribution in [0.2, 0.25) is 0 Å². The summed E-state index contributed by atoms with van der Waals surface area (Å²) in [7, 11) is 0. The molecule has 3 nitrogen and oxygen atoms in total. The Hall–Kier alpha value is -3.56. The van der Waals surface area contributed by atoms with Gasteiger partial charge in [0.05, 0.1) is 17.0 Å². The van der Waals surface area contributed by atoms with Gasteiger partial charge in [-0.05, 0) is 65.4 Å². The van der Waals surface area contributed by atoms with Crippen LogP contribution in [0.1, 0.15) is 48.4 Å². The third kappa shape index (κ3) is 7.24. The molecule has 0 unspecified atom stereocenters. The summed E-state index contributed by atoms with van der Waals surface area (Å²) < 4.78 is 98.1. The minimum absolute atomic E-state index is 0.0138. The summed E-state index contributed by atoms with van der Waals surface area (Å²) in [6.07, 6.45) is -9.15. The van der Waals surface area contributed by atoms with Gasteiger partial charge in [0.25, 0.3) is 0 Å². The van der Waals surface area contributed by atoms with Crippen molar-refractivity contribution in [1.82, 2.24) is 0 Å². The topological polar surface area (TPSA) is 46.5 Å². The minimum atomic E-state index is -4.83. The van der Waals surface area contributed by atoms with Gasteiger partial charge >= 0.3 is 18.3 Å². The van der Waals surface area contributed by atoms with Crippen LogP contribution in [0.4, 0.5) is 30.7 Å². The van der Waals surface area contributed by atoms with E-state index in [1.54, 1.807) is 0 Å². The lowest BCUT2D eigenvalue weighted by Gasteiger charge is -2.19. The van der Waals surface area contributed by atoms with E-state index in [4.69, 9.17) is 4.74 Å². The van der Waals surface area contributed by atoms with Crippen LogP contribution in [0.25, 0.3) is 11.1 Å². The molecule has 0 fully saturated rings. The molecule has 0 aliphatic carbocycles. The first kappa shape index (κ1) is 28.0. The highest BCUT2D eigenvalue weighted by Crippen LogP contribution is 2.36. The average Bonchev–Trinajstić information content (AvgIpc) is 2.80. The predicted molar refractivity (Wildman–Crippen MR) is 122 cm³/mol. The molecule has 0 aliphatic heterocycles. The van der Waals surface area contributed by atoms with Gasteiger partial charge in [-0.15, -0.1) is 0 Å². The van der Waals surface area contributed by atoms with E-state index < -0.39 is 47.8 Å². The average molecular weight is 528 g/mol. The summed E-state index contributed by atoms with van der Waals surface area (Å²) in [5, 5.41) is 9.79. The zero-order valence-corrected chi connectivity index (χ0v) is 19.8. The molecule has 10 heteroatoms. The van der Waals surface area contributed by atoms with Crippen molar-refractivity contribution in [2.45, 2.75) is 45.1 Å². The number of aliphatic carboxylic acids is 1. The molecule has 3 aromatic rings. The summed E-state index contributed by atoms with van der Waals surface area (Å²) in [5.74, 6) is -3.20. The first-order valence-electron chi connectivity index (χ1n) is 11.2. The second kappa shape index (κ2) is 10.8. The third-order valence-corrected chi connectivity index (χ3v) is 5.65. The summed E-state index contributed by atoms with van der Waals surface area (Å²) in [6.45, 7) is 3.04. The molecule has 37 heavy (non-hydrogen) atoms. The maximum atomic E-state index is 13.4. The van der Waals surface area contributed by atoms with Crippen molar-refractivity contribution in [2.24, 2.45) is 5.92 Å². The Morgan fingerprint density at radius 3 is 2.05 bits per heavy atom. The predicted octanol–water partition coefficient (Wildman–Crippen LogP) is 8.32. The highest BCUT2D eigenvalue weighted by Gasteiger charge is 2.34. The Morgan fingerprint density at radius 2 is 1.51 bits per heavy atom. The molecule has 0 bridgehead atoms. The van der Waals surface area contributed by atoms with E-state index >= 15 is 0 Å². The fourth-order valence-electron chi connectivity index (χ4n) is 3.88. The monoisotopic (exact) mass is 528 g/mol. The number of carboxylic acids is 1. The van der Waals surface area contributed by atoms with E-state index in [0.717, 1.165) is 24.3 Å². The van der Waals surface area contributed by atoms with Crippen LogP contribution in [-0.4, -0.2) is 11.1 Å². The molecule has 0 heterocycles. The first-order chi connectivity index (χ1) is 17.1. The molecule has 0 saturated heterocycles. The van der Waals surface area contributed by atoms with Crippen molar-refractivity contribution < 1.29 is 45.4 Å². The van der Waals surface area contributed by atoms with Gasteiger partial charge in [-0.25, -0.2) is 4.39 Å². The highest BCUT2D eigenvalue weighted by atomic mass is 19.4. The van der Waals surface area contributed by atoms with Crippen molar-refractivity contribution >= 4 is 5.97 Å². The smallest absolute Gasteiger partial charge is 0.416 e. The number of rotatable bonds is 8. The maximum absolute atomic E-state index is 13.4.